The van der Waals surface area contributed by atoms with Gasteiger partial charge in [-0.2, -0.15) is 5.26 Å². The van der Waals surface area contributed by atoms with Crippen LogP contribution in [0.15, 0.2) is 33.8 Å². The Hall–Kier alpha value is -1.80. The number of nitrogens with one attached hydrogen (secondary N) is 1. The number of hydrogen-bond acceptors (Lipinski definition) is 4. The van der Waals surface area contributed by atoms with Crippen molar-refractivity contribution >= 4 is 32.7 Å². The molecule has 0 aliphatic heterocycles. The normalized spacial score (nSPS) is 13.5. The van der Waals surface area contributed by atoms with E-state index in [2.05, 4.69) is 46.7 Å². The summed E-state index contributed by atoms with van der Waals surface area (Å²) in [6.07, 6.45) is 6.67. The van der Waals surface area contributed by atoms with Crippen molar-refractivity contribution in [3.63, 3.8) is 0 Å². The van der Waals surface area contributed by atoms with Gasteiger partial charge in [-0.15, -0.1) is 6.58 Å². The lowest BCUT2D eigenvalue weighted by Gasteiger charge is -2.25. The number of nitrogens with zero attached hydrogens (tertiary/aromatic N) is 2. The first-order valence-corrected chi connectivity index (χ1v) is 8.25. The Morgan fingerprint density at radius 3 is 3.00 bits per heavy atom. The Morgan fingerprint density at radius 1 is 1.59 bits per heavy atom. The van der Waals surface area contributed by atoms with E-state index in [4.69, 9.17) is 9.68 Å². The lowest BCUT2D eigenvalue weighted by molar-refractivity contribution is 0.446. The van der Waals surface area contributed by atoms with Gasteiger partial charge in [0, 0.05) is 17.5 Å². The average molecular weight is 362 g/mol. The molecule has 0 aromatic carbocycles. The van der Waals surface area contributed by atoms with Crippen LogP contribution < -0.4 is 5.32 Å². The number of furan rings is 1. The minimum atomic E-state index is 0.291. The van der Waals surface area contributed by atoms with E-state index >= 15 is 0 Å². The van der Waals surface area contributed by atoms with Gasteiger partial charge in [0.1, 0.15) is 11.9 Å². The third-order valence-corrected chi connectivity index (χ3v) is 4.76. The van der Waals surface area contributed by atoms with Crippen LogP contribution >= 0.6 is 15.9 Å². The van der Waals surface area contributed by atoms with E-state index in [1.165, 1.54) is 0 Å². The fraction of sp³-hybridized carbons (Fsp3) is 0.412. The van der Waals surface area contributed by atoms with Crippen LogP contribution in [0.2, 0.25) is 0 Å². The summed E-state index contributed by atoms with van der Waals surface area (Å²) in [7, 11) is 0. The zero-order valence-electron chi connectivity index (χ0n) is 12.9. The van der Waals surface area contributed by atoms with E-state index in [9.17, 15) is 0 Å². The van der Waals surface area contributed by atoms with Crippen molar-refractivity contribution in [2.75, 3.05) is 5.32 Å². The van der Waals surface area contributed by atoms with Crippen LogP contribution in [0.25, 0.3) is 11.0 Å². The number of nitriles is 1. The van der Waals surface area contributed by atoms with Crippen molar-refractivity contribution in [1.82, 2.24) is 4.98 Å². The molecule has 116 valence electrons. The fourth-order valence-electron chi connectivity index (χ4n) is 2.39. The summed E-state index contributed by atoms with van der Waals surface area (Å²) >= 11 is 3.58. The minimum absolute atomic E-state index is 0.291. The zero-order valence-corrected chi connectivity index (χ0v) is 14.5. The standard InChI is InChI=1S/C17H20BrN3O/c1-4-6-7-14(11(3)5-2)21-17-16(18)13-8-12(9-19)22-15(13)10-20-17/h4,8,10-11,14H,1,5-7H2,2-3H3,(H,20,21). The number of fused-ring (bicyclic) bond motifs is 1. The van der Waals surface area contributed by atoms with E-state index < -0.39 is 0 Å². The van der Waals surface area contributed by atoms with Crippen LogP contribution in [-0.2, 0) is 0 Å². The van der Waals surface area contributed by atoms with E-state index in [0.717, 1.165) is 34.9 Å². The highest BCUT2D eigenvalue weighted by atomic mass is 79.9. The number of anilines is 1. The summed E-state index contributed by atoms with van der Waals surface area (Å²) in [5, 5.41) is 13.3. The Labute approximate surface area is 139 Å². The predicted molar refractivity (Wildman–Crippen MR) is 92.7 cm³/mol. The molecule has 4 nitrogen and oxygen atoms in total. The molecule has 5 heteroatoms. The van der Waals surface area contributed by atoms with Crippen LogP contribution in [0.5, 0.6) is 0 Å². The Bertz CT molecular complexity index is 702. The third kappa shape index (κ3) is 3.50. The molecular weight excluding hydrogens is 342 g/mol. The Morgan fingerprint density at radius 2 is 2.36 bits per heavy atom. The quantitative estimate of drug-likeness (QED) is 0.683. The number of aromatic nitrogens is 1. The first-order chi connectivity index (χ1) is 10.6. The molecule has 0 radical (unpaired) electrons. The third-order valence-electron chi connectivity index (χ3n) is 3.96. The summed E-state index contributed by atoms with van der Waals surface area (Å²) in [4.78, 5) is 4.43. The van der Waals surface area contributed by atoms with Crippen LogP contribution in [-0.4, -0.2) is 11.0 Å². The maximum absolute atomic E-state index is 8.94. The zero-order chi connectivity index (χ0) is 16.1. The fourth-order valence-corrected chi connectivity index (χ4v) is 2.92. The highest BCUT2D eigenvalue weighted by molar-refractivity contribution is 9.10. The molecule has 0 aliphatic carbocycles. The van der Waals surface area contributed by atoms with Gasteiger partial charge in [-0.25, -0.2) is 4.98 Å². The van der Waals surface area contributed by atoms with E-state index in [0.29, 0.717) is 23.3 Å². The molecule has 0 bridgehead atoms. The summed E-state index contributed by atoms with van der Waals surface area (Å²) in [5.74, 6) is 1.61. The molecule has 0 saturated carbocycles. The van der Waals surface area contributed by atoms with Crippen molar-refractivity contribution in [3.8, 4) is 6.07 Å². The molecule has 0 fully saturated rings. The number of hydrogen-bond donors (Lipinski definition) is 1. The molecule has 2 rings (SSSR count). The average Bonchev–Trinajstić information content (AvgIpc) is 2.97. The lowest BCUT2D eigenvalue weighted by Crippen LogP contribution is -2.27. The summed E-state index contributed by atoms with van der Waals surface area (Å²) < 4.78 is 6.23. The highest BCUT2D eigenvalue weighted by Crippen LogP contribution is 2.33. The minimum Gasteiger partial charge on any atom is -0.444 e. The second kappa shape index (κ2) is 7.46. The maximum Gasteiger partial charge on any atom is 0.204 e. The first-order valence-electron chi connectivity index (χ1n) is 7.46. The van der Waals surface area contributed by atoms with Crippen molar-refractivity contribution < 1.29 is 4.42 Å². The number of allylic oxidation sites excluding steroid dienone is 1. The Kier molecular flexibility index (Phi) is 5.62. The van der Waals surface area contributed by atoms with Gasteiger partial charge in [0.25, 0.3) is 0 Å². The van der Waals surface area contributed by atoms with Gasteiger partial charge in [-0.3, -0.25) is 0 Å². The van der Waals surface area contributed by atoms with Gasteiger partial charge in [0.15, 0.2) is 5.58 Å². The topological polar surface area (TPSA) is 61.9 Å². The van der Waals surface area contributed by atoms with Gasteiger partial charge in [-0.05, 0) is 34.7 Å². The summed E-state index contributed by atoms with van der Waals surface area (Å²) in [6, 6.07) is 4.07. The van der Waals surface area contributed by atoms with Gasteiger partial charge in [-0.1, -0.05) is 26.3 Å². The van der Waals surface area contributed by atoms with Crippen molar-refractivity contribution in [2.45, 2.75) is 39.2 Å². The molecular formula is C17H20BrN3O. The lowest BCUT2D eigenvalue weighted by atomic mass is 9.95. The SMILES string of the molecule is C=CCCC(Nc1ncc2oc(C#N)cc2c1Br)C(C)CC. The van der Waals surface area contributed by atoms with Gasteiger partial charge in [0.2, 0.25) is 5.76 Å². The van der Waals surface area contributed by atoms with Crippen LogP contribution in [0.1, 0.15) is 38.9 Å². The molecule has 1 N–H and O–H groups in total. The second-order valence-electron chi connectivity index (χ2n) is 5.42. The summed E-state index contributed by atoms with van der Waals surface area (Å²) in [5.41, 5.74) is 0.611. The van der Waals surface area contributed by atoms with Gasteiger partial charge < -0.3 is 9.73 Å². The van der Waals surface area contributed by atoms with E-state index in [1.807, 2.05) is 12.1 Å². The molecule has 0 amide bonds. The number of rotatable bonds is 7. The molecule has 22 heavy (non-hydrogen) atoms. The smallest absolute Gasteiger partial charge is 0.204 e. The molecule has 0 aliphatic rings. The molecule has 0 spiro atoms. The van der Waals surface area contributed by atoms with Gasteiger partial charge in [0.05, 0.1) is 10.7 Å². The van der Waals surface area contributed by atoms with Crippen LogP contribution in [0, 0.1) is 17.2 Å². The molecule has 2 atom stereocenters. The number of halogens is 1. The number of pyridine rings is 1. The summed E-state index contributed by atoms with van der Waals surface area (Å²) in [6.45, 7) is 8.22. The van der Waals surface area contributed by atoms with Crippen LogP contribution in [0.3, 0.4) is 0 Å². The first kappa shape index (κ1) is 16.6. The van der Waals surface area contributed by atoms with E-state index in [-0.39, 0.29) is 0 Å². The predicted octanol–water partition coefficient (Wildman–Crippen LogP) is 5.25. The monoisotopic (exact) mass is 361 g/mol. The highest BCUT2D eigenvalue weighted by Gasteiger charge is 2.18. The maximum atomic E-state index is 8.94. The van der Waals surface area contributed by atoms with E-state index in [1.54, 1.807) is 12.3 Å². The molecule has 2 aromatic rings. The molecule has 0 saturated heterocycles. The second-order valence-corrected chi connectivity index (χ2v) is 6.22. The van der Waals surface area contributed by atoms with Crippen molar-refractivity contribution in [2.24, 2.45) is 5.92 Å². The van der Waals surface area contributed by atoms with Gasteiger partial charge >= 0.3 is 0 Å². The molecule has 2 heterocycles. The molecule has 2 unspecified atom stereocenters. The van der Waals surface area contributed by atoms with Crippen molar-refractivity contribution in [3.05, 3.63) is 35.2 Å². The van der Waals surface area contributed by atoms with Crippen molar-refractivity contribution in [1.29, 1.82) is 5.26 Å². The largest absolute Gasteiger partial charge is 0.444 e. The molecule has 2 aromatic heterocycles. The Balaban J connectivity index is 2.30. The van der Waals surface area contributed by atoms with Crippen LogP contribution in [0.4, 0.5) is 5.82 Å².